The summed E-state index contributed by atoms with van der Waals surface area (Å²) in [6.45, 7) is 1.62. The first-order valence-electron chi connectivity index (χ1n) is 11.2. The van der Waals surface area contributed by atoms with Crippen LogP contribution in [0.3, 0.4) is 0 Å². The van der Waals surface area contributed by atoms with E-state index in [2.05, 4.69) is 5.32 Å². The van der Waals surface area contributed by atoms with Gasteiger partial charge >= 0.3 is 11.9 Å². The van der Waals surface area contributed by atoms with Crippen LogP contribution in [0.15, 0.2) is 77.1 Å². The Bertz CT molecular complexity index is 1200. The Labute approximate surface area is 215 Å². The summed E-state index contributed by atoms with van der Waals surface area (Å²) in [6, 6.07) is 18.0. The van der Waals surface area contributed by atoms with Crippen molar-refractivity contribution in [3.63, 3.8) is 0 Å². The van der Waals surface area contributed by atoms with Crippen molar-refractivity contribution >= 4 is 23.5 Å². The topological polar surface area (TPSA) is 107 Å². The minimum Gasteiger partial charge on any atom is -0.461 e. The van der Waals surface area contributed by atoms with Gasteiger partial charge in [0.05, 0.1) is 35.3 Å². The average Bonchev–Trinajstić information content (AvgIpc) is 2.88. The second kappa shape index (κ2) is 12.9. The molecule has 9 heteroatoms. The van der Waals surface area contributed by atoms with Gasteiger partial charge in [0.1, 0.15) is 13.2 Å². The zero-order valence-corrected chi connectivity index (χ0v) is 21.0. The van der Waals surface area contributed by atoms with Gasteiger partial charge in [0, 0.05) is 24.9 Å². The number of nitrogens with one attached hydrogen (secondary N) is 1. The van der Waals surface area contributed by atoms with E-state index in [1.54, 1.807) is 31.2 Å². The van der Waals surface area contributed by atoms with Crippen LogP contribution < -0.4 is 5.32 Å². The number of rotatable bonds is 10. The van der Waals surface area contributed by atoms with Gasteiger partial charge in [0.15, 0.2) is 6.29 Å². The summed E-state index contributed by atoms with van der Waals surface area (Å²) >= 11 is 6.29. The predicted molar refractivity (Wildman–Crippen MR) is 132 cm³/mol. The van der Waals surface area contributed by atoms with Crippen molar-refractivity contribution in [2.45, 2.75) is 32.2 Å². The van der Waals surface area contributed by atoms with E-state index in [1.165, 1.54) is 14.2 Å². The van der Waals surface area contributed by atoms with Crippen molar-refractivity contribution < 1.29 is 28.5 Å². The summed E-state index contributed by atoms with van der Waals surface area (Å²) in [5.41, 5.74) is 2.43. The van der Waals surface area contributed by atoms with E-state index >= 15 is 0 Å². The van der Waals surface area contributed by atoms with E-state index in [4.69, 9.17) is 35.8 Å². The van der Waals surface area contributed by atoms with Crippen LogP contribution in [0.4, 0.5) is 0 Å². The lowest BCUT2D eigenvalue weighted by Gasteiger charge is -2.33. The molecule has 1 atom stereocenters. The number of methoxy groups -OCH3 is 2. The summed E-state index contributed by atoms with van der Waals surface area (Å²) in [6.07, 6.45) is -0.910. The maximum atomic E-state index is 13.6. The smallest absolute Gasteiger partial charge is 0.337 e. The summed E-state index contributed by atoms with van der Waals surface area (Å²) in [5.74, 6) is -2.23. The van der Waals surface area contributed by atoms with Crippen LogP contribution in [0.2, 0.25) is 5.02 Å². The second-order valence-electron chi connectivity index (χ2n) is 7.89. The summed E-state index contributed by atoms with van der Waals surface area (Å²) in [7, 11) is 2.88. The van der Waals surface area contributed by atoms with Crippen LogP contribution in [0, 0.1) is 11.3 Å². The number of nitriles is 1. The van der Waals surface area contributed by atoms with E-state index < -0.39 is 24.1 Å². The molecule has 0 saturated carbocycles. The molecule has 188 valence electrons. The Hall–Kier alpha value is -3.64. The molecule has 0 amide bonds. The lowest BCUT2D eigenvalue weighted by atomic mass is 9.80. The lowest BCUT2D eigenvalue weighted by Crippen LogP contribution is -2.38. The number of nitrogens with zero attached hydrogens (tertiary/aromatic N) is 1. The lowest BCUT2D eigenvalue weighted by molar-refractivity contribution is -0.141. The molecule has 1 aliphatic rings. The van der Waals surface area contributed by atoms with Crippen LogP contribution in [-0.4, -0.2) is 39.1 Å². The minimum absolute atomic E-state index is 0.0218. The summed E-state index contributed by atoms with van der Waals surface area (Å²) in [4.78, 5) is 26.9. The molecule has 0 fully saturated rings. The van der Waals surface area contributed by atoms with Gasteiger partial charge in [-0.15, -0.1) is 0 Å². The molecule has 1 aliphatic heterocycles. The normalized spacial score (nSPS) is 15.4. The Morgan fingerprint density at radius 3 is 2.36 bits per heavy atom. The standard InChI is InChI=1S/C27H27ClN2O6/c1-17-21(25(31)35-14-8-13-29)22(19-11-7-12-20(28)15-19)23(24(30-17)27(33-2)34-3)26(32)36-16-18-9-5-4-6-10-18/h4-7,9-12,15,22,27,30H,8,14,16H2,1-3H3. The summed E-state index contributed by atoms with van der Waals surface area (Å²) < 4.78 is 22.0. The molecule has 0 saturated heterocycles. The molecule has 0 aliphatic carbocycles. The highest BCUT2D eigenvalue weighted by Gasteiger charge is 2.41. The molecule has 36 heavy (non-hydrogen) atoms. The van der Waals surface area contributed by atoms with E-state index in [-0.39, 0.29) is 30.8 Å². The summed E-state index contributed by atoms with van der Waals surface area (Å²) in [5, 5.41) is 12.4. The number of halogens is 1. The molecule has 8 nitrogen and oxygen atoms in total. The van der Waals surface area contributed by atoms with Crippen LogP contribution in [0.1, 0.15) is 30.4 Å². The van der Waals surface area contributed by atoms with Gasteiger partial charge in [-0.3, -0.25) is 0 Å². The fourth-order valence-corrected chi connectivity index (χ4v) is 4.16. The Morgan fingerprint density at radius 1 is 1.03 bits per heavy atom. The predicted octanol–water partition coefficient (Wildman–Crippen LogP) is 4.37. The van der Waals surface area contributed by atoms with Crippen molar-refractivity contribution in [1.29, 1.82) is 5.26 Å². The fourth-order valence-electron chi connectivity index (χ4n) is 3.96. The van der Waals surface area contributed by atoms with Gasteiger partial charge in [-0.05, 0) is 30.2 Å². The van der Waals surface area contributed by atoms with Gasteiger partial charge in [-0.25, -0.2) is 9.59 Å². The van der Waals surface area contributed by atoms with Gasteiger partial charge in [-0.2, -0.15) is 5.26 Å². The Balaban J connectivity index is 2.13. The molecule has 2 aromatic rings. The number of carbonyl (C=O) groups is 2. The highest BCUT2D eigenvalue weighted by atomic mass is 35.5. The highest BCUT2D eigenvalue weighted by Crippen LogP contribution is 2.41. The van der Waals surface area contributed by atoms with E-state index in [0.29, 0.717) is 22.0 Å². The van der Waals surface area contributed by atoms with E-state index in [9.17, 15) is 9.59 Å². The molecule has 2 aromatic carbocycles. The maximum absolute atomic E-state index is 13.6. The number of carbonyl (C=O) groups excluding carboxylic acids is 2. The van der Waals surface area contributed by atoms with Crippen molar-refractivity contribution in [3.05, 3.63) is 93.3 Å². The third kappa shape index (κ3) is 6.32. The molecule has 0 spiro atoms. The molecule has 3 rings (SSSR count). The van der Waals surface area contributed by atoms with Gasteiger partial charge in [0.2, 0.25) is 0 Å². The molecular formula is C27H27ClN2O6. The number of allylic oxidation sites excluding steroid dienone is 1. The van der Waals surface area contributed by atoms with Crippen molar-refractivity contribution in [2.75, 3.05) is 20.8 Å². The van der Waals surface area contributed by atoms with E-state index in [1.807, 2.05) is 36.4 Å². The largest absolute Gasteiger partial charge is 0.461 e. The van der Waals surface area contributed by atoms with Crippen LogP contribution in [0.25, 0.3) is 0 Å². The first-order chi connectivity index (χ1) is 17.4. The average molecular weight is 511 g/mol. The molecule has 1 heterocycles. The third-order valence-electron chi connectivity index (χ3n) is 5.54. The zero-order chi connectivity index (χ0) is 26.1. The molecular weight excluding hydrogens is 484 g/mol. The zero-order valence-electron chi connectivity index (χ0n) is 20.2. The molecule has 0 aromatic heterocycles. The second-order valence-corrected chi connectivity index (χ2v) is 8.32. The van der Waals surface area contributed by atoms with Crippen molar-refractivity contribution in [3.8, 4) is 6.07 Å². The Kier molecular flexibility index (Phi) is 9.65. The monoisotopic (exact) mass is 510 g/mol. The number of benzene rings is 2. The van der Waals surface area contributed by atoms with Gasteiger partial charge in [0.25, 0.3) is 0 Å². The first-order valence-corrected chi connectivity index (χ1v) is 11.6. The molecule has 1 unspecified atom stereocenters. The molecule has 1 N–H and O–H groups in total. The third-order valence-corrected chi connectivity index (χ3v) is 5.77. The van der Waals surface area contributed by atoms with Gasteiger partial charge < -0.3 is 24.3 Å². The number of hydrogen-bond acceptors (Lipinski definition) is 8. The number of hydrogen-bond donors (Lipinski definition) is 1. The SMILES string of the molecule is COC(OC)C1=C(C(=O)OCc2ccccc2)C(c2cccc(Cl)c2)C(C(=O)OCCC#N)=C(C)N1. The Morgan fingerprint density at radius 2 is 1.72 bits per heavy atom. The van der Waals surface area contributed by atoms with Crippen LogP contribution in [-0.2, 0) is 35.1 Å². The fraction of sp³-hybridized carbons (Fsp3) is 0.296. The number of esters is 2. The van der Waals surface area contributed by atoms with Crippen LogP contribution >= 0.6 is 11.6 Å². The number of ether oxygens (including phenoxy) is 4. The van der Waals surface area contributed by atoms with Crippen molar-refractivity contribution in [1.82, 2.24) is 5.32 Å². The van der Waals surface area contributed by atoms with Crippen molar-refractivity contribution in [2.24, 2.45) is 0 Å². The van der Waals surface area contributed by atoms with Crippen LogP contribution in [0.5, 0.6) is 0 Å². The minimum atomic E-state index is -0.947. The molecule has 0 radical (unpaired) electrons. The molecule has 0 bridgehead atoms. The van der Waals surface area contributed by atoms with Gasteiger partial charge in [-0.1, -0.05) is 54.1 Å². The maximum Gasteiger partial charge on any atom is 0.337 e. The first kappa shape index (κ1) is 27.0. The quantitative estimate of drug-likeness (QED) is 0.285. The number of dihydropyridines is 1. The highest BCUT2D eigenvalue weighted by molar-refractivity contribution is 6.30. The van der Waals surface area contributed by atoms with E-state index in [0.717, 1.165) is 5.56 Å².